The maximum atomic E-state index is 14.2. The molecule has 20 nitrogen and oxygen atoms in total. The topological polar surface area (TPSA) is 343 Å². The number of unbranched alkanes of at least 4 members (excludes halogenated alkanes) is 1. The van der Waals surface area contributed by atoms with Crippen LogP contribution in [0.2, 0.25) is 0 Å². The predicted octanol–water partition coefficient (Wildman–Crippen LogP) is -0.115. The Kier molecular flexibility index (Phi) is 21.4. The van der Waals surface area contributed by atoms with Crippen LogP contribution in [0.15, 0.2) is 71.7 Å². The number of aromatic hydroxyl groups is 1. The number of nitrogens with one attached hydrogen (secondary N) is 6. The maximum Gasteiger partial charge on any atom is 0.326 e. The van der Waals surface area contributed by atoms with Crippen LogP contribution < -0.4 is 49.1 Å². The number of phenols is 1. The van der Waals surface area contributed by atoms with E-state index in [0.717, 1.165) is 10.8 Å². The molecule has 0 aliphatic rings. The summed E-state index contributed by atoms with van der Waals surface area (Å²) in [6.45, 7) is 4.05. The summed E-state index contributed by atoms with van der Waals surface area (Å²) in [7, 11) is 0. The van der Waals surface area contributed by atoms with Gasteiger partial charge in [0.15, 0.2) is 5.96 Å². The first-order chi connectivity index (χ1) is 30.4. The molecule has 64 heavy (non-hydrogen) atoms. The molecule has 3 rings (SSSR count). The van der Waals surface area contributed by atoms with Gasteiger partial charge in [-0.2, -0.15) is 0 Å². The van der Waals surface area contributed by atoms with Gasteiger partial charge >= 0.3 is 11.9 Å². The van der Waals surface area contributed by atoms with E-state index in [1.165, 1.54) is 12.1 Å². The van der Waals surface area contributed by atoms with Crippen LogP contribution in [0.3, 0.4) is 0 Å². The predicted molar refractivity (Wildman–Crippen MR) is 240 cm³/mol. The van der Waals surface area contributed by atoms with Crippen molar-refractivity contribution >= 4 is 58.2 Å². The molecule has 3 aromatic rings. The van der Waals surface area contributed by atoms with Gasteiger partial charge in [-0.3, -0.25) is 33.8 Å². The van der Waals surface area contributed by atoms with E-state index in [1.807, 2.05) is 50.2 Å². The molecule has 0 aromatic heterocycles. The van der Waals surface area contributed by atoms with E-state index in [1.54, 1.807) is 18.2 Å². The lowest BCUT2D eigenvalue weighted by atomic mass is 10.00. The molecule has 0 bridgehead atoms. The van der Waals surface area contributed by atoms with Crippen LogP contribution in [0.4, 0.5) is 0 Å². The van der Waals surface area contributed by atoms with Gasteiger partial charge in [0, 0.05) is 25.4 Å². The van der Waals surface area contributed by atoms with Crippen molar-refractivity contribution in [2.45, 2.75) is 108 Å². The lowest BCUT2D eigenvalue weighted by Crippen LogP contribution is -2.58. The SMILES string of the molecule is CC(C)NCCCC[C@H](NC(=O)[C@@H](N)Cc1ccc(O)cc1)C(=O)N[C@H](CCCN=C(N)N)C(=O)N[C@@H](Cc1ccc2ccccc2c1)C(=O)NCC(=O)N[C@H](CCC(=O)O)C(=O)O. The van der Waals surface area contributed by atoms with Crippen LogP contribution in [-0.4, -0.2) is 119 Å². The fourth-order valence-corrected chi connectivity index (χ4v) is 6.58. The second kappa shape index (κ2) is 26.6. The third-order valence-corrected chi connectivity index (χ3v) is 10.0. The van der Waals surface area contributed by atoms with Crippen molar-refractivity contribution < 1.29 is 48.9 Å². The van der Waals surface area contributed by atoms with Gasteiger partial charge in [-0.15, -0.1) is 0 Å². The number of carbonyl (C=O) groups is 7. The number of amides is 5. The second-order valence-corrected chi connectivity index (χ2v) is 15.7. The lowest BCUT2D eigenvalue weighted by Gasteiger charge is -2.26. The lowest BCUT2D eigenvalue weighted by molar-refractivity contribution is -0.143. The molecule has 5 atom stereocenters. The summed E-state index contributed by atoms with van der Waals surface area (Å²) >= 11 is 0. The largest absolute Gasteiger partial charge is 0.508 e. The minimum atomic E-state index is -1.53. The van der Waals surface area contributed by atoms with Crippen LogP contribution in [0.5, 0.6) is 5.75 Å². The number of hydrogen-bond donors (Lipinski definition) is 12. The van der Waals surface area contributed by atoms with E-state index in [9.17, 15) is 43.8 Å². The third kappa shape index (κ3) is 19.1. The number of nitrogens with zero attached hydrogens (tertiary/aromatic N) is 1. The van der Waals surface area contributed by atoms with Crippen molar-refractivity contribution in [3.63, 3.8) is 0 Å². The third-order valence-electron chi connectivity index (χ3n) is 10.0. The highest BCUT2D eigenvalue weighted by Gasteiger charge is 2.31. The van der Waals surface area contributed by atoms with Crippen LogP contribution in [0, 0.1) is 0 Å². The number of nitrogens with two attached hydrogens (primary N) is 3. The number of carboxylic acids is 2. The molecular formula is C44H62N10O10. The Hall–Kier alpha value is -6.80. The van der Waals surface area contributed by atoms with Crippen molar-refractivity contribution in [1.29, 1.82) is 0 Å². The van der Waals surface area contributed by atoms with E-state index in [-0.39, 0.29) is 56.4 Å². The zero-order valence-electron chi connectivity index (χ0n) is 36.2. The Morgan fingerprint density at radius 2 is 1.27 bits per heavy atom. The van der Waals surface area contributed by atoms with Crippen LogP contribution >= 0.6 is 0 Å². The molecule has 0 spiro atoms. The minimum Gasteiger partial charge on any atom is -0.508 e. The molecule has 0 aliphatic heterocycles. The number of carboxylic acid groups (broad SMARTS) is 2. The van der Waals surface area contributed by atoms with E-state index >= 15 is 0 Å². The van der Waals surface area contributed by atoms with Crippen LogP contribution in [0.25, 0.3) is 10.8 Å². The van der Waals surface area contributed by atoms with Gasteiger partial charge in [-0.25, -0.2) is 4.79 Å². The van der Waals surface area contributed by atoms with Gasteiger partial charge in [0.25, 0.3) is 0 Å². The standard InChI is InChI=1S/C44H62N10O10/c1-26(2)48-20-6-5-10-33(52-39(59)32(45)23-27-13-16-31(55)17-14-27)41(61)53-34(11-7-21-49-44(46)47)42(62)54-36(24-28-12-15-29-8-3-4-9-30(29)22-28)40(60)50-25-37(56)51-35(43(63)64)18-19-38(57)58/h3-4,8-9,12-17,22,26,32-36,48,55H,5-7,10-11,18-21,23-25,45H2,1-2H3,(H,50,60)(H,51,56)(H,52,59)(H,53,61)(H,54,62)(H,57,58)(H,63,64)(H4,46,47,49)/t32-,33-,34+,35+,36-/m0/s1. The first kappa shape index (κ1) is 51.5. The highest BCUT2D eigenvalue weighted by molar-refractivity contribution is 5.96. The van der Waals surface area contributed by atoms with Crippen molar-refractivity contribution in [3.05, 3.63) is 77.9 Å². The first-order valence-electron chi connectivity index (χ1n) is 21.1. The Labute approximate surface area is 371 Å². The van der Waals surface area contributed by atoms with Gasteiger partial charge in [-0.05, 0) is 85.5 Å². The van der Waals surface area contributed by atoms with Crippen molar-refractivity contribution in [1.82, 2.24) is 31.9 Å². The molecule has 0 fully saturated rings. The Balaban J connectivity index is 1.87. The van der Waals surface area contributed by atoms with Gasteiger partial charge in [0.05, 0.1) is 12.6 Å². The number of rotatable bonds is 28. The summed E-state index contributed by atoms with van der Waals surface area (Å²) in [6.07, 6.45) is 0.702. The number of phenolic OH excluding ortho intramolecular Hbond substituents is 1. The van der Waals surface area contributed by atoms with Crippen molar-refractivity contribution in [3.8, 4) is 5.75 Å². The van der Waals surface area contributed by atoms with Gasteiger partial charge in [-0.1, -0.05) is 68.4 Å². The summed E-state index contributed by atoms with van der Waals surface area (Å²) < 4.78 is 0. The van der Waals surface area contributed by atoms with Gasteiger partial charge in [0.2, 0.25) is 29.5 Å². The van der Waals surface area contributed by atoms with Crippen LogP contribution in [0.1, 0.15) is 69.9 Å². The molecule has 348 valence electrons. The summed E-state index contributed by atoms with van der Waals surface area (Å²) in [5.74, 6) is -6.67. The molecule has 3 aromatic carbocycles. The van der Waals surface area contributed by atoms with Gasteiger partial charge < -0.3 is 64.4 Å². The Morgan fingerprint density at radius 3 is 1.89 bits per heavy atom. The maximum absolute atomic E-state index is 14.2. The number of aliphatic imine (C=N–C) groups is 1. The normalized spacial score (nSPS) is 13.4. The number of fused-ring (bicyclic) bond motifs is 1. The molecule has 15 N–H and O–H groups in total. The summed E-state index contributed by atoms with van der Waals surface area (Å²) in [4.78, 5) is 94.9. The Bertz CT molecular complexity index is 2080. The molecule has 20 heteroatoms. The highest BCUT2D eigenvalue weighted by Crippen LogP contribution is 2.17. The first-order valence-corrected chi connectivity index (χ1v) is 21.1. The Morgan fingerprint density at radius 1 is 0.656 bits per heavy atom. The zero-order chi connectivity index (χ0) is 47.2. The molecule has 0 aliphatic carbocycles. The molecule has 0 saturated heterocycles. The molecule has 0 radical (unpaired) electrons. The van der Waals surface area contributed by atoms with Crippen molar-refractivity contribution in [2.24, 2.45) is 22.2 Å². The van der Waals surface area contributed by atoms with E-state index in [4.69, 9.17) is 22.3 Å². The monoisotopic (exact) mass is 890 g/mol. The van der Waals surface area contributed by atoms with Crippen molar-refractivity contribution in [2.75, 3.05) is 19.6 Å². The van der Waals surface area contributed by atoms with Crippen LogP contribution in [-0.2, 0) is 46.4 Å². The number of carbonyl (C=O) groups excluding carboxylic acids is 5. The number of guanidine groups is 1. The minimum absolute atomic E-state index is 0.00661. The molecule has 0 unspecified atom stereocenters. The summed E-state index contributed by atoms with van der Waals surface area (Å²) in [6, 6.07) is 13.0. The molecule has 0 heterocycles. The van der Waals surface area contributed by atoms with E-state index in [2.05, 4.69) is 36.9 Å². The fraction of sp³-hybridized carbons (Fsp3) is 0.455. The average Bonchev–Trinajstić information content (AvgIpc) is 3.24. The average molecular weight is 891 g/mol. The van der Waals surface area contributed by atoms with Gasteiger partial charge in [0.1, 0.15) is 29.9 Å². The second-order valence-electron chi connectivity index (χ2n) is 15.7. The number of hydrogen-bond acceptors (Lipinski definition) is 11. The molecule has 5 amide bonds. The number of aliphatic carboxylic acids is 2. The highest BCUT2D eigenvalue weighted by atomic mass is 16.4. The summed E-state index contributed by atoms with van der Waals surface area (Å²) in [5, 5.41) is 46.0. The molecule has 0 saturated carbocycles. The molecular weight excluding hydrogens is 829 g/mol. The fourth-order valence-electron chi connectivity index (χ4n) is 6.58. The van der Waals surface area contributed by atoms with E-state index < -0.39 is 91.1 Å². The number of benzene rings is 3. The van der Waals surface area contributed by atoms with E-state index in [0.29, 0.717) is 30.5 Å². The zero-order valence-corrected chi connectivity index (χ0v) is 36.2. The summed E-state index contributed by atoms with van der Waals surface area (Å²) in [5.41, 5.74) is 18.6. The quantitative estimate of drug-likeness (QED) is 0.0257. The smallest absolute Gasteiger partial charge is 0.326 e.